The topological polar surface area (TPSA) is 52.8 Å². The van der Waals surface area contributed by atoms with Crippen LogP contribution < -0.4 is 0 Å². The summed E-state index contributed by atoms with van der Waals surface area (Å²) in [6.45, 7) is 5.91. The van der Waals surface area contributed by atoms with Crippen molar-refractivity contribution in [1.82, 2.24) is 19.7 Å². The minimum Gasteiger partial charge on any atom is -0.380 e. The summed E-state index contributed by atoms with van der Waals surface area (Å²) in [5.41, 5.74) is 2.55. The molecule has 0 amide bonds. The minimum absolute atomic E-state index is 0.250. The summed E-state index contributed by atoms with van der Waals surface area (Å²) >= 11 is 5.74. The average molecular weight is 241 g/mol. The average Bonchev–Trinajstić information content (AvgIpc) is 2.56. The highest BCUT2D eigenvalue weighted by molar-refractivity contribution is 6.28. The summed E-state index contributed by atoms with van der Waals surface area (Å²) in [5.74, 6) is 0. The Balaban J connectivity index is 2.32. The van der Waals surface area contributed by atoms with Crippen molar-refractivity contribution in [3.05, 3.63) is 17.2 Å². The lowest BCUT2D eigenvalue weighted by atomic mass is 10.4. The van der Waals surface area contributed by atoms with Gasteiger partial charge in [0.1, 0.15) is 11.0 Å². The Morgan fingerprint density at radius 1 is 1.50 bits per heavy atom. The molecule has 0 radical (unpaired) electrons. The first-order valence-corrected chi connectivity index (χ1v) is 5.53. The fourth-order valence-electron chi connectivity index (χ4n) is 1.56. The van der Waals surface area contributed by atoms with Crippen LogP contribution in [0.4, 0.5) is 0 Å². The predicted molar refractivity (Wildman–Crippen MR) is 61.6 cm³/mol. The van der Waals surface area contributed by atoms with Crippen LogP contribution in [-0.2, 0) is 11.3 Å². The van der Waals surface area contributed by atoms with E-state index in [-0.39, 0.29) is 5.28 Å². The molecule has 0 aliphatic rings. The van der Waals surface area contributed by atoms with E-state index in [2.05, 4.69) is 15.1 Å². The lowest BCUT2D eigenvalue weighted by Crippen LogP contribution is -2.07. The molecular formula is C10H13ClN4O. The smallest absolute Gasteiger partial charge is 0.223 e. The van der Waals surface area contributed by atoms with Crippen LogP contribution in [-0.4, -0.2) is 33.0 Å². The van der Waals surface area contributed by atoms with E-state index < -0.39 is 0 Å². The number of ether oxygens (including phenoxy) is 1. The first-order chi connectivity index (χ1) is 7.72. The van der Waals surface area contributed by atoms with Gasteiger partial charge in [-0.15, -0.1) is 0 Å². The lowest BCUT2D eigenvalue weighted by molar-refractivity contribution is 0.137. The van der Waals surface area contributed by atoms with E-state index in [4.69, 9.17) is 16.3 Å². The molecule has 2 rings (SSSR count). The summed E-state index contributed by atoms with van der Waals surface area (Å²) in [6.07, 6.45) is 1.69. The van der Waals surface area contributed by atoms with E-state index in [1.165, 1.54) is 0 Å². The fourth-order valence-corrected chi connectivity index (χ4v) is 1.69. The van der Waals surface area contributed by atoms with E-state index in [9.17, 15) is 0 Å². The molecule has 0 aliphatic heterocycles. The Labute approximate surface area is 98.4 Å². The van der Waals surface area contributed by atoms with Gasteiger partial charge in [0.05, 0.1) is 25.0 Å². The molecule has 0 saturated carbocycles. The van der Waals surface area contributed by atoms with Crippen LogP contribution >= 0.6 is 11.6 Å². The zero-order valence-corrected chi connectivity index (χ0v) is 10.0. The third-order valence-corrected chi connectivity index (χ3v) is 2.47. The van der Waals surface area contributed by atoms with Crippen LogP contribution in [0.1, 0.15) is 12.6 Å². The summed E-state index contributed by atoms with van der Waals surface area (Å²) in [7, 11) is 0. The minimum atomic E-state index is 0.250. The highest BCUT2D eigenvalue weighted by Gasteiger charge is 2.09. The maximum absolute atomic E-state index is 5.74. The van der Waals surface area contributed by atoms with Crippen LogP contribution in [0.15, 0.2) is 6.20 Å². The van der Waals surface area contributed by atoms with Gasteiger partial charge < -0.3 is 4.74 Å². The van der Waals surface area contributed by atoms with Crippen molar-refractivity contribution in [3.63, 3.8) is 0 Å². The molecule has 6 heteroatoms. The summed E-state index contributed by atoms with van der Waals surface area (Å²) in [4.78, 5) is 8.12. The molecule has 2 heterocycles. The van der Waals surface area contributed by atoms with Gasteiger partial charge in [-0.05, 0) is 25.4 Å². The van der Waals surface area contributed by atoms with Crippen molar-refractivity contribution < 1.29 is 4.74 Å². The molecule has 0 aromatic carbocycles. The second-order valence-corrected chi connectivity index (χ2v) is 3.72. The van der Waals surface area contributed by atoms with Crippen LogP contribution in [0, 0.1) is 6.92 Å². The maximum atomic E-state index is 5.74. The van der Waals surface area contributed by atoms with Gasteiger partial charge in [0.2, 0.25) is 5.28 Å². The van der Waals surface area contributed by atoms with Crippen molar-refractivity contribution in [2.24, 2.45) is 0 Å². The highest BCUT2D eigenvalue weighted by Crippen LogP contribution is 2.16. The van der Waals surface area contributed by atoms with Gasteiger partial charge in [-0.3, -0.25) is 4.68 Å². The standard InChI is InChI=1S/C10H13ClN4O/c1-3-16-5-4-15-8-6-12-10(11)13-9(8)7(2)14-15/h6H,3-5H2,1-2H3. The van der Waals surface area contributed by atoms with Crippen molar-refractivity contribution in [2.45, 2.75) is 20.4 Å². The van der Waals surface area contributed by atoms with Crippen LogP contribution in [0.3, 0.4) is 0 Å². The van der Waals surface area contributed by atoms with Crippen molar-refractivity contribution >= 4 is 22.6 Å². The van der Waals surface area contributed by atoms with Gasteiger partial charge in [-0.2, -0.15) is 5.10 Å². The molecule has 2 aromatic heterocycles. The number of aromatic nitrogens is 4. The number of hydrogen-bond acceptors (Lipinski definition) is 4. The van der Waals surface area contributed by atoms with Gasteiger partial charge in [-0.1, -0.05) is 0 Å². The Morgan fingerprint density at radius 2 is 2.31 bits per heavy atom. The maximum Gasteiger partial charge on any atom is 0.223 e. The van der Waals surface area contributed by atoms with Crippen molar-refractivity contribution in [2.75, 3.05) is 13.2 Å². The van der Waals surface area contributed by atoms with E-state index in [1.54, 1.807) is 6.20 Å². The van der Waals surface area contributed by atoms with Crippen LogP contribution in [0.2, 0.25) is 5.28 Å². The molecule has 86 valence electrons. The van der Waals surface area contributed by atoms with E-state index in [0.717, 1.165) is 16.7 Å². The Hall–Kier alpha value is -1.20. The molecule has 16 heavy (non-hydrogen) atoms. The third kappa shape index (κ3) is 2.15. The molecule has 0 atom stereocenters. The predicted octanol–water partition coefficient (Wildman–Crippen LogP) is 1.82. The SMILES string of the molecule is CCOCCn1nc(C)c2nc(Cl)ncc21. The molecule has 0 unspecified atom stereocenters. The number of halogens is 1. The van der Waals surface area contributed by atoms with Crippen molar-refractivity contribution in [1.29, 1.82) is 0 Å². The molecule has 0 bridgehead atoms. The normalized spacial score (nSPS) is 11.2. The Kier molecular flexibility index (Phi) is 3.36. The van der Waals surface area contributed by atoms with E-state index >= 15 is 0 Å². The number of aryl methyl sites for hydroxylation is 1. The number of rotatable bonds is 4. The summed E-state index contributed by atoms with van der Waals surface area (Å²) in [5, 5.41) is 4.63. The molecular weight excluding hydrogens is 228 g/mol. The molecule has 0 aliphatic carbocycles. The van der Waals surface area contributed by atoms with Crippen LogP contribution in [0.5, 0.6) is 0 Å². The van der Waals surface area contributed by atoms with Gasteiger partial charge >= 0.3 is 0 Å². The number of fused-ring (bicyclic) bond motifs is 1. The molecule has 0 saturated heterocycles. The largest absolute Gasteiger partial charge is 0.380 e. The zero-order chi connectivity index (χ0) is 11.5. The van der Waals surface area contributed by atoms with E-state index in [1.807, 2.05) is 18.5 Å². The van der Waals surface area contributed by atoms with Gasteiger partial charge in [-0.25, -0.2) is 9.97 Å². The summed E-state index contributed by atoms with van der Waals surface area (Å²) in [6, 6.07) is 0. The Morgan fingerprint density at radius 3 is 3.06 bits per heavy atom. The molecule has 0 spiro atoms. The molecule has 0 fully saturated rings. The molecule has 5 nitrogen and oxygen atoms in total. The Bertz CT molecular complexity index is 497. The lowest BCUT2D eigenvalue weighted by Gasteiger charge is -2.02. The van der Waals surface area contributed by atoms with Crippen LogP contribution in [0.25, 0.3) is 11.0 Å². The number of nitrogens with zero attached hydrogens (tertiary/aromatic N) is 4. The first-order valence-electron chi connectivity index (χ1n) is 5.15. The van der Waals surface area contributed by atoms with Crippen molar-refractivity contribution in [3.8, 4) is 0 Å². The summed E-state index contributed by atoms with van der Waals surface area (Å²) < 4.78 is 7.14. The monoisotopic (exact) mass is 240 g/mol. The van der Waals surface area contributed by atoms with Gasteiger partial charge in [0.15, 0.2) is 0 Å². The quantitative estimate of drug-likeness (QED) is 0.604. The second-order valence-electron chi connectivity index (χ2n) is 3.38. The highest BCUT2D eigenvalue weighted by atomic mass is 35.5. The number of hydrogen-bond donors (Lipinski definition) is 0. The molecule has 0 N–H and O–H groups in total. The zero-order valence-electron chi connectivity index (χ0n) is 9.27. The van der Waals surface area contributed by atoms with Gasteiger partial charge in [0, 0.05) is 6.61 Å². The fraction of sp³-hybridized carbons (Fsp3) is 0.500. The first kappa shape index (κ1) is 11.3. The van der Waals surface area contributed by atoms with Gasteiger partial charge in [0.25, 0.3) is 0 Å². The second kappa shape index (κ2) is 4.76. The molecule has 2 aromatic rings. The third-order valence-electron chi connectivity index (χ3n) is 2.28. The van der Waals surface area contributed by atoms with E-state index in [0.29, 0.717) is 19.8 Å².